The molecule has 0 aliphatic carbocycles. The molecule has 118 heavy (non-hydrogen) atoms. The van der Waals surface area contributed by atoms with Gasteiger partial charge in [0.25, 0.3) is 35.4 Å². The van der Waals surface area contributed by atoms with Gasteiger partial charge >= 0.3 is 0 Å². The Bertz CT molecular complexity index is 5680. The molecule has 6 amide bonds. The molecule has 0 saturated heterocycles. The fraction of sp³-hybridized carbons (Fsp3) is 0.157. The Morgan fingerprint density at radius 2 is 0.508 bits per heavy atom. The summed E-state index contributed by atoms with van der Waals surface area (Å²) in [6.45, 7) is 16.7. The highest BCUT2D eigenvalue weighted by atomic mass is 16.5. The molecule has 15 aromatic rings. The van der Waals surface area contributed by atoms with Crippen molar-refractivity contribution >= 4 is 101 Å². The van der Waals surface area contributed by atoms with E-state index < -0.39 is 47.5 Å². The largest absolute Gasteiger partial charge is 0.508 e. The summed E-state index contributed by atoms with van der Waals surface area (Å²) in [6.07, 6.45) is -0.426. The van der Waals surface area contributed by atoms with E-state index in [-0.39, 0.29) is 136 Å². The zero-order valence-electron chi connectivity index (χ0n) is 66.4. The maximum atomic E-state index is 17.1. The van der Waals surface area contributed by atoms with Gasteiger partial charge in [-0.2, -0.15) is 0 Å². The summed E-state index contributed by atoms with van der Waals surface area (Å²) in [5.41, 5.74) is 6.76. The average Bonchev–Trinajstić information content (AvgIpc) is 0.669. The summed E-state index contributed by atoms with van der Waals surface area (Å²) in [4.78, 5) is 107. The van der Waals surface area contributed by atoms with Crippen LogP contribution >= 0.6 is 0 Å². The standard InChI is InChI=1S/C102H84N4O12/c1-59(2)65-33-45-75(46-34-65)115-85-55-79-89-80(98(110)105(97(79)109)83(53-63-29-41-73(107)42-30-63)101(113)103(69-21-13-9-14-22-69)70-23-15-10-16-24-70)57-87(117-77-49-37-67(38-50-77)61(5)6)93-94-88(118-78-51-39-68(40-52-78)62(7)8)58-82-90-81(56-86(92(96(90)94)91(85)95(89)93)116-76-47-35-66(36-48-76)60(3)4)99(111)106(100(82)112)84(54-64-31-43-74(108)44-32-64)102(114)104(71-25-17-11-18-26-71)72-27-19-12-20-28-72/h9-52,55-62,83-84,107-108H,53-54H2,1-8H3. The highest BCUT2D eigenvalue weighted by molar-refractivity contribution is 6.45. The van der Waals surface area contributed by atoms with E-state index in [1.807, 2.05) is 121 Å². The van der Waals surface area contributed by atoms with Crippen LogP contribution in [0.4, 0.5) is 22.7 Å². The summed E-state index contributed by atoms with van der Waals surface area (Å²) in [5.74, 6) is -2.71. The highest BCUT2D eigenvalue weighted by Crippen LogP contribution is 2.59. The Kier molecular flexibility index (Phi) is 20.3. The predicted octanol–water partition coefficient (Wildman–Crippen LogP) is 24.0. The summed E-state index contributed by atoms with van der Waals surface area (Å²) in [7, 11) is 0. The van der Waals surface area contributed by atoms with Gasteiger partial charge in [-0.05, 0) is 203 Å². The molecule has 0 fully saturated rings. The number of hydrogen-bond donors (Lipinski definition) is 2. The van der Waals surface area contributed by atoms with E-state index >= 15 is 28.8 Å². The third kappa shape index (κ3) is 14.2. The molecular weight excluding hydrogens is 1470 g/mol. The number of phenols is 2. The molecule has 2 unspecified atom stereocenters. The number of para-hydroxylation sites is 4. The molecule has 2 atom stereocenters. The molecule has 0 aromatic heterocycles. The molecule has 2 aliphatic heterocycles. The van der Waals surface area contributed by atoms with Gasteiger partial charge in [-0.1, -0.05) is 201 Å². The third-order valence-corrected chi connectivity index (χ3v) is 22.5. The minimum Gasteiger partial charge on any atom is -0.508 e. The number of rotatable bonds is 24. The Morgan fingerprint density at radius 3 is 0.720 bits per heavy atom. The van der Waals surface area contributed by atoms with Gasteiger partial charge in [0.05, 0.1) is 22.3 Å². The van der Waals surface area contributed by atoms with Crippen LogP contribution in [-0.2, 0) is 22.4 Å². The number of phenolic OH excluding ortho intramolecular Hbond substituents is 2. The highest BCUT2D eigenvalue weighted by Gasteiger charge is 2.48. The first kappa shape index (κ1) is 76.3. The monoisotopic (exact) mass is 1560 g/mol. The van der Waals surface area contributed by atoms with Crippen LogP contribution in [0.15, 0.2) is 291 Å². The molecule has 584 valence electrons. The Hall–Kier alpha value is -14.4. The topological polar surface area (TPSA) is 193 Å². The maximum absolute atomic E-state index is 17.1. The van der Waals surface area contributed by atoms with Crippen molar-refractivity contribution < 1.29 is 57.9 Å². The number of carbonyl (C=O) groups excluding carboxylic acids is 6. The Morgan fingerprint density at radius 1 is 0.288 bits per heavy atom. The fourth-order valence-corrected chi connectivity index (χ4v) is 16.3. The van der Waals surface area contributed by atoms with Crippen LogP contribution in [0.5, 0.6) is 57.5 Å². The minimum absolute atomic E-state index is 0.0344. The summed E-state index contributed by atoms with van der Waals surface area (Å²) >= 11 is 0. The molecule has 0 bridgehead atoms. The lowest BCUT2D eigenvalue weighted by atomic mass is 9.80. The Labute approximate surface area is 683 Å². The van der Waals surface area contributed by atoms with Crippen molar-refractivity contribution in [2.75, 3.05) is 9.80 Å². The normalized spacial score (nSPS) is 13.2. The lowest BCUT2D eigenvalue weighted by Crippen LogP contribution is -2.55. The zero-order valence-corrected chi connectivity index (χ0v) is 66.4. The minimum atomic E-state index is -1.59. The second kappa shape index (κ2) is 31.4. The first-order chi connectivity index (χ1) is 57.1. The van der Waals surface area contributed by atoms with Crippen molar-refractivity contribution in [3.05, 3.63) is 347 Å². The zero-order chi connectivity index (χ0) is 81.9. The molecular formula is C102H84N4O12. The van der Waals surface area contributed by atoms with E-state index in [0.717, 1.165) is 32.1 Å². The quantitative estimate of drug-likeness (QED) is 0.0331. The van der Waals surface area contributed by atoms with Crippen LogP contribution in [0.25, 0.3) is 43.1 Å². The van der Waals surface area contributed by atoms with Crippen molar-refractivity contribution in [1.82, 2.24) is 9.80 Å². The van der Waals surface area contributed by atoms with Gasteiger partial charge in [-0.3, -0.25) is 48.4 Å². The van der Waals surface area contributed by atoms with E-state index in [1.165, 1.54) is 34.1 Å². The number of hydrogen-bond acceptors (Lipinski definition) is 12. The van der Waals surface area contributed by atoms with Crippen molar-refractivity contribution in [3.8, 4) is 57.5 Å². The van der Waals surface area contributed by atoms with Crippen molar-refractivity contribution in [2.24, 2.45) is 0 Å². The van der Waals surface area contributed by atoms with Crippen LogP contribution < -0.4 is 28.7 Å². The smallest absolute Gasteiger partial charge is 0.262 e. The van der Waals surface area contributed by atoms with Crippen LogP contribution in [0.3, 0.4) is 0 Å². The molecule has 15 aromatic carbocycles. The van der Waals surface area contributed by atoms with E-state index in [4.69, 9.17) is 18.9 Å². The molecule has 16 heteroatoms. The van der Waals surface area contributed by atoms with Crippen molar-refractivity contribution in [1.29, 1.82) is 0 Å². The van der Waals surface area contributed by atoms with Crippen molar-refractivity contribution in [2.45, 2.75) is 104 Å². The number of ether oxygens (including phenoxy) is 4. The number of amides is 6. The van der Waals surface area contributed by atoms with Gasteiger partial charge < -0.3 is 29.2 Å². The maximum Gasteiger partial charge on any atom is 0.262 e. The lowest BCUT2D eigenvalue weighted by molar-refractivity contribution is -0.122. The average molecular weight is 1560 g/mol. The summed E-state index contributed by atoms with van der Waals surface area (Å²) in [5, 5.41) is 23.3. The third-order valence-electron chi connectivity index (χ3n) is 22.5. The molecule has 0 radical (unpaired) electrons. The number of nitrogens with zero attached hydrogens (tertiary/aromatic N) is 4. The van der Waals surface area contributed by atoms with Gasteiger partial charge in [0.1, 0.15) is 69.6 Å². The van der Waals surface area contributed by atoms with Gasteiger partial charge in [0.2, 0.25) is 0 Å². The van der Waals surface area contributed by atoms with Crippen LogP contribution in [0.2, 0.25) is 0 Å². The molecule has 0 saturated carbocycles. The van der Waals surface area contributed by atoms with E-state index in [1.54, 1.807) is 146 Å². The molecule has 2 aliphatic rings. The fourth-order valence-electron chi connectivity index (χ4n) is 16.3. The first-order valence-corrected chi connectivity index (χ1v) is 39.8. The molecule has 2 heterocycles. The lowest BCUT2D eigenvalue weighted by Gasteiger charge is -2.38. The second-order valence-electron chi connectivity index (χ2n) is 31.4. The molecule has 17 rings (SSSR count). The van der Waals surface area contributed by atoms with Crippen LogP contribution in [0.1, 0.15) is 154 Å². The van der Waals surface area contributed by atoms with Crippen LogP contribution in [-0.4, -0.2) is 67.5 Å². The van der Waals surface area contributed by atoms with E-state index in [9.17, 15) is 10.2 Å². The molecule has 0 spiro atoms. The number of benzene rings is 15. The van der Waals surface area contributed by atoms with Gasteiger partial charge in [0.15, 0.2) is 0 Å². The van der Waals surface area contributed by atoms with Crippen molar-refractivity contribution in [3.63, 3.8) is 0 Å². The molecule has 2 N–H and O–H groups in total. The second-order valence-corrected chi connectivity index (χ2v) is 31.4. The number of anilines is 4. The van der Waals surface area contributed by atoms with Crippen LogP contribution in [0, 0.1) is 0 Å². The Balaban J connectivity index is 1.01. The van der Waals surface area contributed by atoms with E-state index in [0.29, 0.717) is 56.9 Å². The summed E-state index contributed by atoms with van der Waals surface area (Å²) in [6, 6.07) is 82.2. The summed E-state index contributed by atoms with van der Waals surface area (Å²) < 4.78 is 29.8. The SMILES string of the molecule is CC(C)c1ccc(Oc2cc3c4c(cc(Oc5ccc(C(C)C)cc5)c5c6c(Oc7ccc(C(C)C)cc7)cc7c8c(cc(Oc9ccc(C(C)C)cc9)c(c2c45)c86)C(=O)N(C(Cc2ccc(O)cc2)C(=O)N(c2ccccc2)c2ccccc2)C7=O)C(=O)N(C(Cc2ccc(O)cc2)C(=O)N(c2ccccc2)c2ccccc2)C3=O)cc1. The predicted molar refractivity (Wildman–Crippen MR) is 462 cm³/mol. The van der Waals surface area contributed by atoms with Gasteiger partial charge in [0, 0.05) is 78.7 Å². The number of aromatic hydroxyl groups is 2. The van der Waals surface area contributed by atoms with E-state index in [2.05, 4.69) is 55.4 Å². The number of fused-ring (bicyclic) bond motifs is 2. The number of carbonyl (C=O) groups is 6. The first-order valence-electron chi connectivity index (χ1n) is 39.8. The van der Waals surface area contributed by atoms with Gasteiger partial charge in [-0.25, -0.2) is 0 Å². The molecule has 16 nitrogen and oxygen atoms in total. The number of imide groups is 2. The van der Waals surface area contributed by atoms with Gasteiger partial charge in [-0.15, -0.1) is 0 Å².